The van der Waals surface area contributed by atoms with Gasteiger partial charge in [0.1, 0.15) is 11.3 Å². The standard InChI is InChI=1S/C56H37NO/c1-4-18-51-40(10-1)13-9-20-53(51)44-15-7-14-42(34-44)38-24-29-48(30-25-38)57(50-17-8-16-46(36-50)56-37-47-12-3-6-21-55(47)58-56)49-31-26-39(27-32-49)43-28-33-54-45(35-43)23-22-41-11-2-5-19-52(41)54/h1-37H. The molecule has 1 heterocycles. The molecule has 0 aliphatic heterocycles. The summed E-state index contributed by atoms with van der Waals surface area (Å²) in [6.45, 7) is 0. The summed E-state index contributed by atoms with van der Waals surface area (Å²) in [5.74, 6) is 0.851. The van der Waals surface area contributed by atoms with Gasteiger partial charge in [-0.1, -0.05) is 164 Å². The summed E-state index contributed by atoms with van der Waals surface area (Å²) in [5, 5.41) is 8.67. The monoisotopic (exact) mass is 739 g/mol. The first-order valence-corrected chi connectivity index (χ1v) is 19.8. The SMILES string of the molecule is c1cc(-c2ccc(N(c3ccc(-c4ccc5c(ccc6ccccc65)c4)cc3)c3cccc(-c4cc5ccccc5o4)c3)cc2)cc(-c2cccc3ccccc23)c1. The Hall–Kier alpha value is -7.68. The van der Waals surface area contributed by atoms with Crippen molar-refractivity contribution in [2.24, 2.45) is 0 Å². The lowest BCUT2D eigenvalue weighted by Crippen LogP contribution is -2.10. The molecule has 0 fully saturated rings. The first kappa shape index (κ1) is 33.6. The Labute approximate surface area is 337 Å². The maximum absolute atomic E-state index is 6.33. The minimum absolute atomic E-state index is 0.851. The van der Waals surface area contributed by atoms with Crippen LogP contribution in [0.3, 0.4) is 0 Å². The van der Waals surface area contributed by atoms with Crippen molar-refractivity contribution in [3.63, 3.8) is 0 Å². The van der Waals surface area contributed by atoms with Crippen molar-refractivity contribution in [2.75, 3.05) is 4.90 Å². The van der Waals surface area contributed by atoms with Crippen LogP contribution in [-0.4, -0.2) is 0 Å². The van der Waals surface area contributed by atoms with Gasteiger partial charge < -0.3 is 9.32 Å². The molecule has 0 atom stereocenters. The Morgan fingerprint density at radius 1 is 0.276 bits per heavy atom. The van der Waals surface area contributed by atoms with E-state index in [1.807, 2.05) is 18.2 Å². The fourth-order valence-electron chi connectivity index (χ4n) is 8.51. The van der Waals surface area contributed by atoms with Crippen LogP contribution in [0.25, 0.3) is 88.0 Å². The van der Waals surface area contributed by atoms with Gasteiger partial charge in [0.05, 0.1) is 0 Å². The molecule has 0 aliphatic rings. The minimum Gasteiger partial charge on any atom is -0.456 e. The lowest BCUT2D eigenvalue weighted by atomic mass is 9.95. The van der Waals surface area contributed by atoms with Crippen LogP contribution in [0.4, 0.5) is 17.1 Å². The minimum atomic E-state index is 0.851. The van der Waals surface area contributed by atoms with Crippen LogP contribution in [0, 0.1) is 0 Å². The number of benzene rings is 10. The summed E-state index contributed by atoms with van der Waals surface area (Å²) in [6.07, 6.45) is 0. The lowest BCUT2D eigenvalue weighted by Gasteiger charge is -2.26. The predicted octanol–water partition coefficient (Wildman–Crippen LogP) is 16.0. The van der Waals surface area contributed by atoms with E-state index in [-0.39, 0.29) is 0 Å². The second kappa shape index (κ2) is 14.1. The van der Waals surface area contributed by atoms with Gasteiger partial charge in [-0.05, 0) is 126 Å². The molecule has 272 valence electrons. The van der Waals surface area contributed by atoms with Crippen molar-refractivity contribution in [2.45, 2.75) is 0 Å². The van der Waals surface area contributed by atoms with Gasteiger partial charge in [-0.3, -0.25) is 0 Å². The first-order valence-electron chi connectivity index (χ1n) is 19.8. The van der Waals surface area contributed by atoms with Crippen molar-refractivity contribution >= 4 is 60.3 Å². The van der Waals surface area contributed by atoms with Crippen molar-refractivity contribution in [3.8, 4) is 44.7 Å². The zero-order chi connectivity index (χ0) is 38.4. The first-order chi connectivity index (χ1) is 28.7. The van der Waals surface area contributed by atoms with Gasteiger partial charge in [-0.15, -0.1) is 0 Å². The van der Waals surface area contributed by atoms with Crippen molar-refractivity contribution < 1.29 is 4.42 Å². The summed E-state index contributed by atoms with van der Waals surface area (Å²) in [4.78, 5) is 2.33. The van der Waals surface area contributed by atoms with Crippen LogP contribution in [0.1, 0.15) is 0 Å². The fraction of sp³-hybridized carbons (Fsp3) is 0. The molecule has 1 aromatic heterocycles. The van der Waals surface area contributed by atoms with E-state index in [9.17, 15) is 0 Å². The number of fused-ring (bicyclic) bond motifs is 5. The molecule has 0 aliphatic carbocycles. The van der Waals surface area contributed by atoms with Gasteiger partial charge >= 0.3 is 0 Å². The van der Waals surface area contributed by atoms with Crippen LogP contribution < -0.4 is 4.90 Å². The Morgan fingerprint density at radius 2 is 0.828 bits per heavy atom. The Bertz CT molecular complexity index is 3240. The van der Waals surface area contributed by atoms with E-state index in [1.165, 1.54) is 65.7 Å². The van der Waals surface area contributed by atoms with Gasteiger partial charge in [0.25, 0.3) is 0 Å². The van der Waals surface area contributed by atoms with Crippen LogP contribution in [0.15, 0.2) is 229 Å². The number of nitrogens with zero attached hydrogens (tertiary/aromatic N) is 1. The van der Waals surface area contributed by atoms with Crippen LogP contribution >= 0.6 is 0 Å². The van der Waals surface area contributed by atoms with E-state index < -0.39 is 0 Å². The van der Waals surface area contributed by atoms with E-state index >= 15 is 0 Å². The van der Waals surface area contributed by atoms with Gasteiger partial charge in [0, 0.05) is 28.0 Å². The lowest BCUT2D eigenvalue weighted by molar-refractivity contribution is 0.631. The third kappa shape index (κ3) is 6.09. The van der Waals surface area contributed by atoms with Crippen molar-refractivity contribution in [3.05, 3.63) is 224 Å². The average Bonchev–Trinajstić information content (AvgIpc) is 3.74. The molecular formula is C56H37NO. The highest BCUT2D eigenvalue weighted by Crippen LogP contribution is 2.40. The smallest absolute Gasteiger partial charge is 0.135 e. The van der Waals surface area contributed by atoms with Crippen molar-refractivity contribution in [1.82, 2.24) is 0 Å². The highest BCUT2D eigenvalue weighted by Gasteiger charge is 2.16. The van der Waals surface area contributed by atoms with E-state index in [1.54, 1.807) is 0 Å². The zero-order valence-corrected chi connectivity index (χ0v) is 31.7. The van der Waals surface area contributed by atoms with E-state index in [0.717, 1.165) is 39.4 Å². The molecular weight excluding hydrogens is 703 g/mol. The molecule has 0 saturated carbocycles. The fourth-order valence-corrected chi connectivity index (χ4v) is 8.51. The molecule has 0 saturated heterocycles. The molecule has 0 N–H and O–H groups in total. The number of furan rings is 1. The molecule has 10 aromatic carbocycles. The summed E-state index contributed by atoms with van der Waals surface area (Å²) in [6, 6.07) is 80.7. The van der Waals surface area contributed by atoms with Crippen LogP contribution in [-0.2, 0) is 0 Å². The molecule has 0 amide bonds. The number of hydrogen-bond acceptors (Lipinski definition) is 2. The quantitative estimate of drug-likeness (QED) is 0.151. The van der Waals surface area contributed by atoms with Gasteiger partial charge in [-0.25, -0.2) is 0 Å². The Balaban J connectivity index is 0.971. The number of para-hydroxylation sites is 1. The molecule has 2 heteroatoms. The number of rotatable bonds is 7. The molecule has 11 aromatic rings. The van der Waals surface area contributed by atoms with E-state index in [0.29, 0.717) is 0 Å². The Morgan fingerprint density at radius 3 is 1.60 bits per heavy atom. The second-order valence-electron chi connectivity index (χ2n) is 15.0. The molecule has 58 heavy (non-hydrogen) atoms. The molecule has 0 bridgehead atoms. The topological polar surface area (TPSA) is 16.4 Å². The van der Waals surface area contributed by atoms with Crippen molar-refractivity contribution in [1.29, 1.82) is 0 Å². The summed E-state index contributed by atoms with van der Waals surface area (Å²) < 4.78 is 6.33. The van der Waals surface area contributed by atoms with E-state index in [4.69, 9.17) is 4.42 Å². The maximum Gasteiger partial charge on any atom is 0.135 e. The molecule has 0 radical (unpaired) electrons. The molecule has 0 unspecified atom stereocenters. The van der Waals surface area contributed by atoms with Crippen LogP contribution in [0.2, 0.25) is 0 Å². The molecule has 0 spiro atoms. The third-order valence-corrected chi connectivity index (χ3v) is 11.4. The van der Waals surface area contributed by atoms with E-state index in [2.05, 4.69) is 211 Å². The van der Waals surface area contributed by atoms with Crippen LogP contribution in [0.5, 0.6) is 0 Å². The Kier molecular flexibility index (Phi) is 8.19. The average molecular weight is 740 g/mol. The predicted molar refractivity (Wildman–Crippen MR) is 245 cm³/mol. The largest absolute Gasteiger partial charge is 0.456 e. The zero-order valence-electron chi connectivity index (χ0n) is 31.7. The number of anilines is 3. The number of hydrogen-bond donors (Lipinski definition) is 0. The summed E-state index contributed by atoms with van der Waals surface area (Å²) >= 11 is 0. The third-order valence-electron chi connectivity index (χ3n) is 11.4. The second-order valence-corrected chi connectivity index (χ2v) is 15.0. The van der Waals surface area contributed by atoms with Gasteiger partial charge in [0.2, 0.25) is 0 Å². The highest BCUT2D eigenvalue weighted by atomic mass is 16.3. The molecule has 11 rings (SSSR count). The summed E-state index contributed by atoms with van der Waals surface area (Å²) in [5.41, 5.74) is 12.3. The maximum atomic E-state index is 6.33. The normalized spacial score (nSPS) is 11.4. The van der Waals surface area contributed by atoms with Gasteiger partial charge in [-0.2, -0.15) is 0 Å². The highest BCUT2D eigenvalue weighted by molar-refractivity contribution is 6.08. The molecule has 2 nitrogen and oxygen atoms in total. The summed E-state index contributed by atoms with van der Waals surface area (Å²) in [7, 11) is 0. The van der Waals surface area contributed by atoms with Gasteiger partial charge in [0.15, 0.2) is 0 Å².